The highest BCUT2D eigenvalue weighted by Crippen LogP contribution is 2.25. The fourth-order valence-electron chi connectivity index (χ4n) is 2.24. The molecule has 140 valence electrons. The average molecular weight is 425 g/mol. The molecule has 0 spiro atoms. The largest absolute Gasteiger partial charge is 0.468 e. The predicted molar refractivity (Wildman–Crippen MR) is 104 cm³/mol. The van der Waals surface area contributed by atoms with E-state index in [0.717, 1.165) is 0 Å². The number of amides is 1. The van der Waals surface area contributed by atoms with Crippen LogP contribution in [-0.4, -0.2) is 14.3 Å². The smallest absolute Gasteiger partial charge is 0.255 e. The molecule has 9 heteroatoms. The van der Waals surface area contributed by atoms with Gasteiger partial charge in [0.05, 0.1) is 27.7 Å². The molecular weight excluding hydrogens is 411 g/mol. The first-order valence-electron chi connectivity index (χ1n) is 7.74. The van der Waals surface area contributed by atoms with Crippen molar-refractivity contribution in [2.75, 3.05) is 5.32 Å². The van der Waals surface area contributed by atoms with Crippen molar-refractivity contribution in [3.8, 4) is 0 Å². The van der Waals surface area contributed by atoms with Crippen molar-refractivity contribution in [3.05, 3.63) is 82.2 Å². The lowest BCUT2D eigenvalue weighted by molar-refractivity contribution is 0.102. The van der Waals surface area contributed by atoms with Gasteiger partial charge in [0, 0.05) is 11.3 Å². The summed E-state index contributed by atoms with van der Waals surface area (Å²) in [5.74, 6) is 0.00330. The Morgan fingerprint density at radius 3 is 2.52 bits per heavy atom. The molecule has 0 aliphatic carbocycles. The van der Waals surface area contributed by atoms with Crippen LogP contribution in [0.4, 0.5) is 5.69 Å². The number of hydrogen-bond acceptors (Lipinski definition) is 4. The zero-order valence-electron chi connectivity index (χ0n) is 13.8. The van der Waals surface area contributed by atoms with E-state index < -0.39 is 15.9 Å². The molecule has 1 aromatic heterocycles. The highest BCUT2D eigenvalue weighted by molar-refractivity contribution is 7.89. The van der Waals surface area contributed by atoms with Gasteiger partial charge in [-0.25, -0.2) is 13.1 Å². The van der Waals surface area contributed by atoms with Gasteiger partial charge in [-0.15, -0.1) is 0 Å². The summed E-state index contributed by atoms with van der Waals surface area (Å²) in [6, 6.07) is 13.7. The van der Waals surface area contributed by atoms with E-state index in [1.807, 2.05) is 0 Å². The number of benzene rings is 2. The summed E-state index contributed by atoms with van der Waals surface area (Å²) < 4.78 is 32.4. The van der Waals surface area contributed by atoms with E-state index in [1.54, 1.807) is 24.3 Å². The molecule has 0 fully saturated rings. The summed E-state index contributed by atoms with van der Waals surface area (Å²) in [5.41, 5.74) is 0.626. The third-order valence-corrected chi connectivity index (χ3v) is 5.74. The predicted octanol–water partition coefficient (Wildman–Crippen LogP) is 4.32. The van der Waals surface area contributed by atoms with E-state index in [0.29, 0.717) is 21.5 Å². The van der Waals surface area contributed by atoms with Crippen LogP contribution in [0.15, 0.2) is 70.2 Å². The van der Waals surface area contributed by atoms with Gasteiger partial charge in [-0.05, 0) is 48.5 Å². The quantitative estimate of drug-likeness (QED) is 0.616. The molecule has 0 saturated heterocycles. The number of nitrogens with one attached hydrogen (secondary N) is 2. The topological polar surface area (TPSA) is 88.4 Å². The number of carbonyl (C=O) groups excluding carboxylic acids is 1. The van der Waals surface area contributed by atoms with Gasteiger partial charge in [0.1, 0.15) is 5.76 Å². The van der Waals surface area contributed by atoms with Crippen molar-refractivity contribution in [2.45, 2.75) is 11.4 Å². The van der Waals surface area contributed by atoms with Crippen LogP contribution < -0.4 is 10.0 Å². The minimum absolute atomic E-state index is 0.00896. The molecule has 0 saturated carbocycles. The maximum atomic E-state index is 12.4. The zero-order valence-corrected chi connectivity index (χ0v) is 16.1. The van der Waals surface area contributed by atoms with Gasteiger partial charge in [0.15, 0.2) is 0 Å². The second-order valence-corrected chi connectivity index (χ2v) is 8.10. The summed E-state index contributed by atoms with van der Waals surface area (Å²) in [6.07, 6.45) is 1.46. The second-order valence-electron chi connectivity index (χ2n) is 5.51. The van der Waals surface area contributed by atoms with Gasteiger partial charge in [-0.1, -0.05) is 29.3 Å². The summed E-state index contributed by atoms with van der Waals surface area (Å²) in [7, 11) is -3.81. The van der Waals surface area contributed by atoms with Crippen molar-refractivity contribution in [2.24, 2.45) is 0 Å². The Labute approximate surface area is 166 Å². The average Bonchev–Trinajstić information content (AvgIpc) is 3.17. The first-order valence-corrected chi connectivity index (χ1v) is 9.97. The molecule has 0 aliphatic heterocycles. The lowest BCUT2D eigenvalue weighted by Crippen LogP contribution is -2.23. The molecule has 2 N–H and O–H groups in total. The molecule has 2 aromatic carbocycles. The van der Waals surface area contributed by atoms with E-state index in [-0.39, 0.29) is 17.0 Å². The van der Waals surface area contributed by atoms with E-state index in [9.17, 15) is 13.2 Å². The minimum Gasteiger partial charge on any atom is -0.468 e. The van der Waals surface area contributed by atoms with Crippen molar-refractivity contribution >= 4 is 44.8 Å². The SMILES string of the molecule is O=C(Nc1ccc(Cl)c(Cl)c1)c1cccc(S(=O)(=O)NCc2ccco2)c1. The molecule has 0 aliphatic rings. The maximum Gasteiger partial charge on any atom is 0.255 e. The van der Waals surface area contributed by atoms with Crippen molar-refractivity contribution < 1.29 is 17.6 Å². The molecule has 0 bridgehead atoms. The number of carbonyl (C=O) groups is 1. The minimum atomic E-state index is -3.81. The Morgan fingerprint density at radius 2 is 1.81 bits per heavy atom. The third kappa shape index (κ3) is 4.90. The van der Waals surface area contributed by atoms with Crippen LogP contribution >= 0.6 is 23.2 Å². The Morgan fingerprint density at radius 1 is 1.00 bits per heavy atom. The van der Waals surface area contributed by atoms with Crippen molar-refractivity contribution in [1.82, 2.24) is 4.72 Å². The Bertz CT molecular complexity index is 1070. The monoisotopic (exact) mass is 424 g/mol. The maximum absolute atomic E-state index is 12.4. The summed E-state index contributed by atoms with van der Waals surface area (Å²) in [5, 5.41) is 3.31. The highest BCUT2D eigenvalue weighted by atomic mass is 35.5. The van der Waals surface area contributed by atoms with Crippen LogP contribution in [0.3, 0.4) is 0 Å². The third-order valence-electron chi connectivity index (χ3n) is 3.60. The number of rotatable bonds is 6. The molecule has 27 heavy (non-hydrogen) atoms. The first-order chi connectivity index (χ1) is 12.8. The van der Waals surface area contributed by atoms with Gasteiger partial charge >= 0.3 is 0 Å². The fraction of sp³-hybridized carbons (Fsp3) is 0.0556. The Balaban J connectivity index is 1.75. The van der Waals surface area contributed by atoms with E-state index in [1.165, 1.54) is 36.6 Å². The highest BCUT2D eigenvalue weighted by Gasteiger charge is 2.17. The standard InChI is InChI=1S/C18H14Cl2N2O4S/c19-16-7-6-13(10-17(16)20)22-18(23)12-3-1-5-15(9-12)27(24,25)21-11-14-4-2-8-26-14/h1-10,21H,11H2,(H,22,23). The second kappa shape index (κ2) is 8.14. The molecule has 6 nitrogen and oxygen atoms in total. The first kappa shape index (κ1) is 19.4. The van der Waals surface area contributed by atoms with E-state index in [2.05, 4.69) is 10.0 Å². The fourth-order valence-corrected chi connectivity index (χ4v) is 3.58. The molecule has 0 radical (unpaired) electrons. The van der Waals surface area contributed by atoms with Crippen LogP contribution in [0.25, 0.3) is 0 Å². The Kier molecular flexibility index (Phi) is 5.86. The summed E-state index contributed by atoms with van der Waals surface area (Å²) in [4.78, 5) is 12.4. The van der Waals surface area contributed by atoms with Crippen LogP contribution in [0.1, 0.15) is 16.1 Å². The molecule has 1 heterocycles. The molecule has 1 amide bonds. The van der Waals surface area contributed by atoms with Crippen LogP contribution in [0, 0.1) is 0 Å². The van der Waals surface area contributed by atoms with Crippen LogP contribution in [0.2, 0.25) is 10.0 Å². The lowest BCUT2D eigenvalue weighted by Gasteiger charge is -2.09. The van der Waals surface area contributed by atoms with Crippen molar-refractivity contribution in [3.63, 3.8) is 0 Å². The molecule has 3 aromatic rings. The summed E-state index contributed by atoms with van der Waals surface area (Å²) in [6.45, 7) is 0.00896. The van der Waals surface area contributed by atoms with E-state index >= 15 is 0 Å². The number of hydrogen-bond donors (Lipinski definition) is 2. The van der Waals surface area contributed by atoms with E-state index in [4.69, 9.17) is 27.6 Å². The number of furan rings is 1. The van der Waals surface area contributed by atoms with Crippen LogP contribution in [-0.2, 0) is 16.6 Å². The molecule has 0 atom stereocenters. The Hall–Kier alpha value is -2.32. The zero-order chi connectivity index (χ0) is 19.4. The van der Waals surface area contributed by atoms with Gasteiger partial charge in [0.2, 0.25) is 10.0 Å². The van der Waals surface area contributed by atoms with Crippen molar-refractivity contribution in [1.29, 1.82) is 0 Å². The molecule has 3 rings (SSSR count). The number of sulfonamides is 1. The lowest BCUT2D eigenvalue weighted by atomic mass is 10.2. The van der Waals surface area contributed by atoms with Crippen LogP contribution in [0.5, 0.6) is 0 Å². The van der Waals surface area contributed by atoms with Gasteiger partial charge < -0.3 is 9.73 Å². The summed E-state index contributed by atoms with van der Waals surface area (Å²) >= 11 is 11.8. The van der Waals surface area contributed by atoms with Gasteiger partial charge in [-0.2, -0.15) is 0 Å². The van der Waals surface area contributed by atoms with Gasteiger partial charge in [-0.3, -0.25) is 4.79 Å². The number of halogens is 2. The normalized spacial score (nSPS) is 11.3. The molecule has 0 unspecified atom stereocenters. The van der Waals surface area contributed by atoms with Gasteiger partial charge in [0.25, 0.3) is 5.91 Å². The number of anilines is 1. The molecular formula is C18H14Cl2N2O4S.